The molecule has 22 heavy (non-hydrogen) atoms. The summed E-state index contributed by atoms with van der Waals surface area (Å²) in [5, 5.41) is 0. The fourth-order valence-corrected chi connectivity index (χ4v) is 5.63. The number of aromatic nitrogens is 1. The number of nitrogens with two attached hydrogens (primary N) is 1. The number of nitrogens with zero attached hydrogens (tertiary/aromatic N) is 1. The Bertz CT molecular complexity index is 602. The van der Waals surface area contributed by atoms with Crippen molar-refractivity contribution >= 4 is 11.7 Å². The van der Waals surface area contributed by atoms with Gasteiger partial charge in [0.15, 0.2) is 18.2 Å². The molecule has 116 valence electrons. The molecule has 0 spiro atoms. The van der Waals surface area contributed by atoms with E-state index in [1.54, 1.807) is 17.0 Å². The maximum absolute atomic E-state index is 13.2. The van der Waals surface area contributed by atoms with E-state index in [0.717, 1.165) is 42.6 Å². The zero-order valence-corrected chi connectivity index (χ0v) is 12.8. The summed E-state index contributed by atoms with van der Waals surface area (Å²) >= 11 is 0. The Morgan fingerprint density at radius 2 is 1.73 bits per heavy atom. The molecule has 0 radical (unpaired) electrons. The van der Waals surface area contributed by atoms with E-state index in [4.69, 9.17) is 5.73 Å². The maximum atomic E-state index is 13.2. The molecule has 0 aromatic carbocycles. The molecular weight excluding hydrogens is 276 g/mol. The Hall–Kier alpha value is -1.71. The van der Waals surface area contributed by atoms with Crippen LogP contribution in [0, 0.1) is 23.2 Å². The van der Waals surface area contributed by atoms with Gasteiger partial charge in [-0.1, -0.05) is 0 Å². The van der Waals surface area contributed by atoms with Crippen LogP contribution >= 0.6 is 0 Å². The van der Waals surface area contributed by atoms with Gasteiger partial charge in [0.05, 0.1) is 5.56 Å². The van der Waals surface area contributed by atoms with Gasteiger partial charge >= 0.3 is 0 Å². The first kappa shape index (κ1) is 13.9. The Labute approximate surface area is 130 Å². The highest BCUT2D eigenvalue weighted by Gasteiger charge is 2.54. The number of amides is 1. The average Bonchev–Trinajstić information content (AvgIpc) is 2.44. The minimum absolute atomic E-state index is 0.124. The van der Waals surface area contributed by atoms with Crippen LogP contribution < -0.4 is 10.3 Å². The van der Waals surface area contributed by atoms with Crippen molar-refractivity contribution in [3.63, 3.8) is 0 Å². The number of rotatable bonds is 4. The number of pyridine rings is 1. The van der Waals surface area contributed by atoms with Gasteiger partial charge in [0.2, 0.25) is 6.54 Å². The van der Waals surface area contributed by atoms with E-state index in [-0.39, 0.29) is 17.9 Å². The van der Waals surface area contributed by atoms with Gasteiger partial charge in [0, 0.05) is 11.5 Å². The van der Waals surface area contributed by atoms with Crippen molar-refractivity contribution < 1.29 is 14.2 Å². The van der Waals surface area contributed by atoms with Crippen molar-refractivity contribution in [2.24, 2.45) is 28.9 Å². The van der Waals surface area contributed by atoms with Crippen LogP contribution in [0.1, 0.15) is 48.9 Å². The topological polar surface area (TPSA) is 64.0 Å². The molecule has 0 atom stereocenters. The molecule has 4 saturated carbocycles. The van der Waals surface area contributed by atoms with E-state index in [2.05, 4.69) is 0 Å². The van der Waals surface area contributed by atoms with Crippen LogP contribution in [0.15, 0.2) is 24.5 Å². The number of primary amides is 1. The minimum atomic E-state index is -0.385. The van der Waals surface area contributed by atoms with Gasteiger partial charge in [0.1, 0.15) is 0 Å². The van der Waals surface area contributed by atoms with Crippen LogP contribution in [0.4, 0.5) is 0 Å². The van der Waals surface area contributed by atoms with E-state index in [1.807, 2.05) is 12.1 Å². The second-order valence-corrected chi connectivity index (χ2v) is 7.76. The van der Waals surface area contributed by atoms with Crippen LogP contribution in [0.5, 0.6) is 0 Å². The van der Waals surface area contributed by atoms with Gasteiger partial charge in [0.25, 0.3) is 5.91 Å². The molecule has 4 aliphatic carbocycles. The van der Waals surface area contributed by atoms with Gasteiger partial charge in [-0.3, -0.25) is 9.59 Å². The summed E-state index contributed by atoms with van der Waals surface area (Å²) in [4.78, 5) is 24.3. The van der Waals surface area contributed by atoms with Crippen LogP contribution in [-0.4, -0.2) is 11.7 Å². The van der Waals surface area contributed by atoms with Crippen LogP contribution in [0.3, 0.4) is 0 Å². The van der Waals surface area contributed by atoms with Crippen molar-refractivity contribution in [2.45, 2.75) is 45.1 Å². The van der Waals surface area contributed by atoms with E-state index in [9.17, 15) is 9.59 Å². The van der Waals surface area contributed by atoms with Crippen LogP contribution in [0.25, 0.3) is 0 Å². The highest BCUT2D eigenvalue weighted by atomic mass is 16.1. The largest absolute Gasteiger partial charge is 0.364 e. The molecule has 1 aromatic heterocycles. The van der Waals surface area contributed by atoms with Gasteiger partial charge in [-0.15, -0.1) is 0 Å². The monoisotopic (exact) mass is 299 g/mol. The van der Waals surface area contributed by atoms with Crippen LogP contribution in [-0.2, 0) is 11.3 Å². The third-order valence-electron chi connectivity index (χ3n) is 5.98. The third-order valence-corrected chi connectivity index (χ3v) is 5.98. The summed E-state index contributed by atoms with van der Waals surface area (Å²) in [6.07, 6.45) is 10.8. The maximum Gasteiger partial charge on any atom is 0.283 e. The molecule has 4 heteroatoms. The average molecular weight is 299 g/mol. The van der Waals surface area contributed by atoms with Crippen molar-refractivity contribution in [3.8, 4) is 0 Å². The van der Waals surface area contributed by atoms with Crippen LogP contribution in [0.2, 0.25) is 0 Å². The second kappa shape index (κ2) is 4.90. The van der Waals surface area contributed by atoms with E-state index in [0.29, 0.717) is 5.78 Å². The van der Waals surface area contributed by atoms with Crippen molar-refractivity contribution in [3.05, 3.63) is 30.1 Å². The normalized spacial score (nSPS) is 35.5. The molecule has 1 amide bonds. The molecule has 0 unspecified atom stereocenters. The molecule has 0 aliphatic heterocycles. The molecule has 1 aromatic rings. The SMILES string of the molecule is NC(=O)C[n+]1cccc(C(=O)C23CC4CC(CC(C4)C2)C3)c1. The molecule has 4 bridgehead atoms. The molecule has 4 aliphatic rings. The fourth-order valence-electron chi connectivity index (χ4n) is 5.63. The van der Waals surface area contributed by atoms with Gasteiger partial charge in [-0.2, -0.15) is 4.57 Å². The standard InChI is InChI=1S/C18H22N2O2/c19-16(21)11-20-3-1-2-15(10-20)17(22)18-7-12-4-13(8-18)6-14(5-12)9-18/h1-3,10,12-14H,4-9,11H2,(H-,19,21)/p+1. The summed E-state index contributed by atoms with van der Waals surface area (Å²) in [5.41, 5.74) is 5.87. The fraction of sp³-hybridized carbons (Fsp3) is 0.611. The number of carbonyl (C=O) groups excluding carboxylic acids is 2. The predicted molar refractivity (Wildman–Crippen MR) is 80.8 cm³/mol. The molecular formula is C18H23N2O2+. The lowest BCUT2D eigenvalue weighted by atomic mass is 9.48. The number of hydrogen-bond acceptors (Lipinski definition) is 2. The quantitative estimate of drug-likeness (QED) is 0.681. The highest BCUT2D eigenvalue weighted by Crippen LogP contribution is 2.60. The van der Waals surface area contributed by atoms with Crippen molar-refractivity contribution in [1.29, 1.82) is 0 Å². The zero-order valence-electron chi connectivity index (χ0n) is 12.8. The summed E-state index contributed by atoms with van der Waals surface area (Å²) in [6, 6.07) is 3.73. The predicted octanol–water partition coefficient (Wildman–Crippen LogP) is 1.86. The van der Waals surface area contributed by atoms with Gasteiger partial charge < -0.3 is 5.73 Å². The van der Waals surface area contributed by atoms with Crippen molar-refractivity contribution in [1.82, 2.24) is 0 Å². The summed E-state index contributed by atoms with van der Waals surface area (Å²) in [6.45, 7) is 0.127. The Morgan fingerprint density at radius 3 is 2.27 bits per heavy atom. The summed E-state index contributed by atoms with van der Waals surface area (Å²) in [5.74, 6) is 2.19. The molecule has 2 N–H and O–H groups in total. The van der Waals surface area contributed by atoms with Gasteiger partial charge in [-0.25, -0.2) is 0 Å². The molecule has 5 rings (SSSR count). The Morgan fingerprint density at radius 1 is 1.14 bits per heavy atom. The van der Waals surface area contributed by atoms with Crippen molar-refractivity contribution in [2.75, 3.05) is 0 Å². The minimum Gasteiger partial charge on any atom is -0.364 e. The first-order valence-corrected chi connectivity index (χ1v) is 8.36. The smallest absolute Gasteiger partial charge is 0.283 e. The first-order chi connectivity index (χ1) is 10.5. The highest BCUT2D eigenvalue weighted by molar-refractivity contribution is 6.00. The first-order valence-electron chi connectivity index (χ1n) is 8.36. The van der Waals surface area contributed by atoms with E-state index < -0.39 is 0 Å². The zero-order chi connectivity index (χ0) is 15.3. The summed E-state index contributed by atoms with van der Waals surface area (Å²) in [7, 11) is 0. The second-order valence-electron chi connectivity index (χ2n) is 7.76. The lowest BCUT2D eigenvalue weighted by Crippen LogP contribution is -2.50. The number of hydrogen-bond donors (Lipinski definition) is 1. The van der Waals surface area contributed by atoms with E-state index >= 15 is 0 Å². The Kier molecular flexibility index (Phi) is 3.10. The molecule has 0 saturated heterocycles. The molecule has 1 heterocycles. The Balaban J connectivity index is 1.63. The third kappa shape index (κ3) is 2.25. The molecule has 4 fully saturated rings. The molecule has 4 nitrogen and oxygen atoms in total. The number of ketones is 1. The van der Waals surface area contributed by atoms with E-state index in [1.165, 1.54) is 19.3 Å². The number of Topliss-reactive ketones (excluding diaryl/α,β-unsaturated/α-hetero) is 1. The number of carbonyl (C=O) groups is 2. The summed E-state index contributed by atoms with van der Waals surface area (Å²) < 4.78 is 1.72. The lowest BCUT2D eigenvalue weighted by molar-refractivity contribution is -0.684. The lowest BCUT2D eigenvalue weighted by Gasteiger charge is -2.55. The van der Waals surface area contributed by atoms with Gasteiger partial charge in [-0.05, 0) is 62.3 Å².